The largest absolute Gasteiger partial charge is 0.495 e. The van der Waals surface area contributed by atoms with Crippen molar-refractivity contribution in [1.82, 2.24) is 4.31 Å². The Morgan fingerprint density at radius 3 is 2.77 bits per heavy atom. The van der Waals surface area contributed by atoms with Gasteiger partial charge < -0.3 is 10.1 Å². The predicted octanol–water partition coefficient (Wildman–Crippen LogP) is 3.74. The number of hydrogen-bond acceptors (Lipinski definition) is 4. The molecule has 0 aromatic heterocycles. The topological polar surface area (TPSA) is 75.7 Å². The van der Waals surface area contributed by atoms with Crippen LogP contribution >= 0.6 is 0 Å². The van der Waals surface area contributed by atoms with Gasteiger partial charge in [0, 0.05) is 18.8 Å². The highest BCUT2D eigenvalue weighted by atomic mass is 32.2. The van der Waals surface area contributed by atoms with Gasteiger partial charge in [-0.25, -0.2) is 12.8 Å². The molecule has 0 aliphatic carbocycles. The summed E-state index contributed by atoms with van der Waals surface area (Å²) in [5.41, 5.74) is 2.79. The normalized spacial score (nSPS) is 17.5. The first kappa shape index (κ1) is 22.2. The minimum atomic E-state index is -4.00. The van der Waals surface area contributed by atoms with Crippen LogP contribution in [0.2, 0.25) is 0 Å². The van der Waals surface area contributed by atoms with E-state index < -0.39 is 21.8 Å². The number of carbonyl (C=O) groups is 1. The Bertz CT molecular complexity index is 1040. The first-order valence-electron chi connectivity index (χ1n) is 10.0. The molecule has 162 valence electrons. The number of para-hydroxylation sites is 1. The number of benzene rings is 2. The van der Waals surface area contributed by atoms with Crippen LogP contribution in [-0.2, 0) is 21.2 Å². The molecule has 1 aliphatic heterocycles. The van der Waals surface area contributed by atoms with E-state index in [1.54, 1.807) is 0 Å². The Hall–Kier alpha value is -2.45. The van der Waals surface area contributed by atoms with E-state index in [0.29, 0.717) is 12.8 Å². The number of hydrogen-bond donors (Lipinski definition) is 1. The maximum atomic E-state index is 13.7. The van der Waals surface area contributed by atoms with E-state index in [1.165, 1.54) is 17.5 Å². The summed E-state index contributed by atoms with van der Waals surface area (Å²) in [6.45, 7) is 4.27. The highest BCUT2D eigenvalue weighted by molar-refractivity contribution is 7.89. The smallest absolute Gasteiger partial charge is 0.246 e. The Kier molecular flexibility index (Phi) is 6.77. The number of halogens is 1. The number of ether oxygens (including phenoxy) is 1. The molecule has 2 aromatic carbocycles. The van der Waals surface area contributed by atoms with E-state index in [0.717, 1.165) is 35.4 Å². The molecule has 1 saturated heterocycles. The summed E-state index contributed by atoms with van der Waals surface area (Å²) < 4.78 is 46.4. The monoisotopic (exact) mass is 434 g/mol. The lowest BCUT2D eigenvalue weighted by atomic mass is 9.98. The van der Waals surface area contributed by atoms with E-state index in [-0.39, 0.29) is 29.6 Å². The molecule has 1 N–H and O–H groups in total. The van der Waals surface area contributed by atoms with Crippen molar-refractivity contribution in [2.24, 2.45) is 5.92 Å². The van der Waals surface area contributed by atoms with Gasteiger partial charge in [0.05, 0.1) is 13.0 Å². The quantitative estimate of drug-likeness (QED) is 0.751. The van der Waals surface area contributed by atoms with Crippen molar-refractivity contribution in [2.75, 3.05) is 25.5 Å². The van der Waals surface area contributed by atoms with Crippen LogP contribution in [0.3, 0.4) is 0 Å². The second-order valence-corrected chi connectivity index (χ2v) is 9.36. The average molecular weight is 435 g/mol. The number of sulfonamides is 1. The van der Waals surface area contributed by atoms with E-state index >= 15 is 0 Å². The molecule has 1 aliphatic rings. The average Bonchev–Trinajstić information content (AvgIpc) is 2.75. The van der Waals surface area contributed by atoms with Crippen LogP contribution in [0.1, 0.15) is 30.9 Å². The summed E-state index contributed by atoms with van der Waals surface area (Å²) in [5.74, 6) is -1.27. The van der Waals surface area contributed by atoms with Gasteiger partial charge in [-0.15, -0.1) is 0 Å². The summed E-state index contributed by atoms with van der Waals surface area (Å²) in [5, 5.41) is 3.00. The number of piperidine rings is 1. The lowest BCUT2D eigenvalue weighted by molar-refractivity contribution is -0.120. The van der Waals surface area contributed by atoms with E-state index in [1.807, 2.05) is 32.0 Å². The molecule has 0 unspecified atom stereocenters. The summed E-state index contributed by atoms with van der Waals surface area (Å²) in [4.78, 5) is 12.7. The molecular weight excluding hydrogens is 407 g/mol. The maximum Gasteiger partial charge on any atom is 0.246 e. The predicted molar refractivity (Wildman–Crippen MR) is 114 cm³/mol. The molecular formula is C22H27FN2O4S. The molecule has 1 fully saturated rings. The van der Waals surface area contributed by atoms with E-state index in [2.05, 4.69) is 5.32 Å². The lowest BCUT2D eigenvalue weighted by Gasteiger charge is -2.31. The second kappa shape index (κ2) is 9.14. The number of nitrogens with zero attached hydrogens (tertiary/aromatic N) is 1. The number of rotatable bonds is 6. The van der Waals surface area contributed by atoms with Gasteiger partial charge in [0.1, 0.15) is 16.5 Å². The van der Waals surface area contributed by atoms with Crippen LogP contribution in [0.15, 0.2) is 41.3 Å². The van der Waals surface area contributed by atoms with E-state index in [4.69, 9.17) is 4.74 Å². The molecule has 2 aromatic rings. The number of anilines is 1. The Labute approximate surface area is 177 Å². The third-order valence-electron chi connectivity index (χ3n) is 5.49. The fourth-order valence-electron chi connectivity index (χ4n) is 3.79. The lowest BCUT2D eigenvalue weighted by Crippen LogP contribution is -2.43. The molecule has 1 heterocycles. The van der Waals surface area contributed by atoms with Gasteiger partial charge in [-0.05, 0) is 55.5 Å². The van der Waals surface area contributed by atoms with Gasteiger partial charge in [0.2, 0.25) is 15.9 Å². The zero-order chi connectivity index (χ0) is 21.9. The second-order valence-electron chi connectivity index (χ2n) is 7.45. The number of nitrogens with one attached hydrogen (secondary N) is 1. The minimum absolute atomic E-state index is 0.0428. The van der Waals surface area contributed by atoms with Crippen LogP contribution in [-0.4, -0.2) is 38.8 Å². The zero-order valence-corrected chi connectivity index (χ0v) is 18.3. The van der Waals surface area contributed by atoms with Crippen LogP contribution in [0.5, 0.6) is 5.75 Å². The molecule has 8 heteroatoms. The van der Waals surface area contributed by atoms with Crippen molar-refractivity contribution in [1.29, 1.82) is 0 Å². The van der Waals surface area contributed by atoms with Gasteiger partial charge in [-0.1, -0.05) is 25.1 Å². The van der Waals surface area contributed by atoms with Crippen molar-refractivity contribution < 1.29 is 22.3 Å². The molecule has 0 bridgehead atoms. The molecule has 1 amide bonds. The van der Waals surface area contributed by atoms with Gasteiger partial charge >= 0.3 is 0 Å². The molecule has 1 atom stereocenters. The standard InChI is InChI=1S/C22H27FN2O4S/c1-4-16-8-5-7-15(2)21(16)24-22(26)17-9-6-12-25(14-17)30(27,28)20-13-18(23)10-11-19(20)29-3/h5,7-8,10-11,13,17H,4,6,9,12,14H2,1-3H3,(H,24,26)/t17-/m0/s1. The number of methoxy groups -OCH3 is 1. The maximum absolute atomic E-state index is 13.7. The molecule has 0 spiro atoms. The number of aryl methyl sites for hydroxylation is 2. The van der Waals surface area contributed by atoms with Crippen molar-refractivity contribution in [3.8, 4) is 5.75 Å². The fourth-order valence-corrected chi connectivity index (χ4v) is 5.48. The number of amides is 1. The van der Waals surface area contributed by atoms with E-state index in [9.17, 15) is 17.6 Å². The Morgan fingerprint density at radius 1 is 1.30 bits per heavy atom. The van der Waals surface area contributed by atoms with Crippen LogP contribution in [0.4, 0.5) is 10.1 Å². The van der Waals surface area contributed by atoms with Gasteiger partial charge in [0.15, 0.2) is 0 Å². The SMILES string of the molecule is CCc1cccc(C)c1NC(=O)[C@H]1CCCN(S(=O)(=O)c2cc(F)ccc2OC)C1. The fraction of sp³-hybridized carbons (Fsp3) is 0.409. The van der Waals surface area contributed by atoms with Gasteiger partial charge in [0.25, 0.3) is 0 Å². The molecule has 0 radical (unpaired) electrons. The zero-order valence-electron chi connectivity index (χ0n) is 17.4. The Balaban J connectivity index is 1.82. The highest BCUT2D eigenvalue weighted by Gasteiger charge is 2.35. The van der Waals surface area contributed by atoms with Gasteiger partial charge in [-0.3, -0.25) is 4.79 Å². The third kappa shape index (κ3) is 4.49. The number of carbonyl (C=O) groups excluding carboxylic acids is 1. The summed E-state index contributed by atoms with van der Waals surface area (Å²) >= 11 is 0. The molecule has 30 heavy (non-hydrogen) atoms. The first-order valence-corrected chi connectivity index (χ1v) is 11.4. The van der Waals surface area contributed by atoms with Crippen molar-refractivity contribution in [3.63, 3.8) is 0 Å². The third-order valence-corrected chi connectivity index (χ3v) is 7.37. The molecule has 3 rings (SSSR count). The summed E-state index contributed by atoms with van der Waals surface area (Å²) in [6.07, 6.45) is 1.91. The van der Waals surface area contributed by atoms with Crippen LogP contribution < -0.4 is 10.1 Å². The minimum Gasteiger partial charge on any atom is -0.495 e. The van der Waals surface area contributed by atoms with Crippen molar-refractivity contribution in [2.45, 2.75) is 38.0 Å². The van der Waals surface area contributed by atoms with Crippen LogP contribution in [0.25, 0.3) is 0 Å². The van der Waals surface area contributed by atoms with Crippen molar-refractivity contribution >= 4 is 21.6 Å². The first-order chi connectivity index (χ1) is 14.3. The summed E-state index contributed by atoms with van der Waals surface area (Å²) in [6, 6.07) is 9.25. The Morgan fingerprint density at radius 2 is 2.07 bits per heavy atom. The highest BCUT2D eigenvalue weighted by Crippen LogP contribution is 2.31. The molecule has 6 nitrogen and oxygen atoms in total. The van der Waals surface area contributed by atoms with Gasteiger partial charge in [-0.2, -0.15) is 4.31 Å². The van der Waals surface area contributed by atoms with Crippen LogP contribution in [0, 0.1) is 18.7 Å². The summed E-state index contributed by atoms with van der Waals surface area (Å²) in [7, 11) is -2.66. The van der Waals surface area contributed by atoms with Crippen molar-refractivity contribution in [3.05, 3.63) is 53.3 Å². The molecule has 0 saturated carbocycles.